The number of nitrogens with zero attached hydrogens (tertiary/aromatic N) is 3. The van der Waals surface area contributed by atoms with Gasteiger partial charge in [-0.1, -0.05) is 0 Å². The average molecular weight is 297 g/mol. The number of pyridine rings is 2. The van der Waals surface area contributed by atoms with Crippen molar-refractivity contribution in [3.63, 3.8) is 0 Å². The summed E-state index contributed by atoms with van der Waals surface area (Å²) in [6.07, 6.45) is 8.83. The van der Waals surface area contributed by atoms with Gasteiger partial charge in [0.2, 0.25) is 0 Å². The molecule has 2 aromatic heterocycles. The first kappa shape index (κ1) is 13.8. The Labute approximate surface area is 131 Å². The standard InChI is InChI=1S/C17H23N5/c1-2-8-22(9-3-1)17-15-5-7-18-11-13(15)10-16(21-17)20-14-4-6-19-12-14/h5,7,10-11,14,19H,1-4,6,8-9,12H2,(H,20,21). The van der Waals surface area contributed by atoms with E-state index in [0.717, 1.165) is 44.2 Å². The lowest BCUT2D eigenvalue weighted by Crippen LogP contribution is -2.31. The molecule has 5 nitrogen and oxygen atoms in total. The molecule has 2 saturated heterocycles. The molecule has 0 radical (unpaired) electrons. The molecule has 5 heteroatoms. The molecular weight excluding hydrogens is 274 g/mol. The Balaban J connectivity index is 1.71. The average Bonchev–Trinajstić information content (AvgIpc) is 3.08. The van der Waals surface area contributed by atoms with Crippen molar-refractivity contribution < 1.29 is 0 Å². The Bertz CT molecular complexity index is 645. The number of hydrogen-bond donors (Lipinski definition) is 2. The molecule has 1 unspecified atom stereocenters. The summed E-state index contributed by atoms with van der Waals surface area (Å²) in [5.41, 5.74) is 0. The van der Waals surface area contributed by atoms with E-state index in [1.807, 2.05) is 12.4 Å². The number of anilines is 2. The highest BCUT2D eigenvalue weighted by atomic mass is 15.2. The van der Waals surface area contributed by atoms with Crippen LogP contribution in [0.2, 0.25) is 0 Å². The molecule has 116 valence electrons. The zero-order valence-electron chi connectivity index (χ0n) is 12.9. The SMILES string of the molecule is c1cc2c(N3CCCCC3)nc(NC3CCNC3)cc2cn1. The van der Waals surface area contributed by atoms with E-state index < -0.39 is 0 Å². The monoisotopic (exact) mass is 297 g/mol. The third-order valence-corrected chi connectivity index (χ3v) is 4.68. The van der Waals surface area contributed by atoms with Crippen molar-refractivity contribution in [3.05, 3.63) is 24.5 Å². The van der Waals surface area contributed by atoms with Crippen LogP contribution in [0, 0.1) is 0 Å². The van der Waals surface area contributed by atoms with E-state index >= 15 is 0 Å². The van der Waals surface area contributed by atoms with Crippen molar-refractivity contribution in [2.24, 2.45) is 0 Å². The summed E-state index contributed by atoms with van der Waals surface area (Å²) >= 11 is 0. The van der Waals surface area contributed by atoms with E-state index in [2.05, 4.69) is 32.7 Å². The molecule has 2 aliphatic heterocycles. The van der Waals surface area contributed by atoms with Crippen LogP contribution in [0.15, 0.2) is 24.5 Å². The largest absolute Gasteiger partial charge is 0.366 e. The maximum atomic E-state index is 4.95. The number of nitrogens with one attached hydrogen (secondary N) is 2. The molecule has 0 amide bonds. The Kier molecular flexibility index (Phi) is 3.81. The van der Waals surface area contributed by atoms with Gasteiger partial charge < -0.3 is 15.5 Å². The molecule has 2 aliphatic rings. The molecule has 2 fully saturated rings. The fourth-order valence-corrected chi connectivity index (χ4v) is 3.49. The van der Waals surface area contributed by atoms with Gasteiger partial charge in [-0.25, -0.2) is 4.98 Å². The van der Waals surface area contributed by atoms with Gasteiger partial charge in [0.25, 0.3) is 0 Å². The third kappa shape index (κ3) is 2.73. The maximum absolute atomic E-state index is 4.95. The summed E-state index contributed by atoms with van der Waals surface area (Å²) in [6.45, 7) is 4.33. The van der Waals surface area contributed by atoms with Gasteiger partial charge >= 0.3 is 0 Å². The summed E-state index contributed by atoms with van der Waals surface area (Å²) < 4.78 is 0. The summed E-state index contributed by atoms with van der Waals surface area (Å²) in [5, 5.41) is 9.37. The van der Waals surface area contributed by atoms with Crippen LogP contribution in [0.25, 0.3) is 10.8 Å². The zero-order chi connectivity index (χ0) is 14.8. The first-order chi connectivity index (χ1) is 10.9. The molecule has 2 aromatic rings. The van der Waals surface area contributed by atoms with Crippen LogP contribution in [-0.2, 0) is 0 Å². The molecule has 4 rings (SSSR count). The Morgan fingerprint density at radius 1 is 1.23 bits per heavy atom. The van der Waals surface area contributed by atoms with E-state index in [1.165, 1.54) is 30.0 Å². The number of rotatable bonds is 3. The lowest BCUT2D eigenvalue weighted by molar-refractivity contribution is 0.575. The quantitative estimate of drug-likeness (QED) is 0.911. The van der Waals surface area contributed by atoms with Gasteiger partial charge in [0.15, 0.2) is 0 Å². The smallest absolute Gasteiger partial charge is 0.139 e. The predicted octanol–water partition coefficient (Wildman–Crippen LogP) is 2.39. The highest BCUT2D eigenvalue weighted by Gasteiger charge is 2.18. The molecule has 1 atom stereocenters. The second-order valence-corrected chi connectivity index (χ2v) is 6.31. The van der Waals surface area contributed by atoms with Crippen LogP contribution in [0.5, 0.6) is 0 Å². The second-order valence-electron chi connectivity index (χ2n) is 6.31. The molecule has 0 aliphatic carbocycles. The van der Waals surface area contributed by atoms with Crippen molar-refractivity contribution in [2.75, 3.05) is 36.4 Å². The summed E-state index contributed by atoms with van der Waals surface area (Å²) in [5.74, 6) is 2.10. The van der Waals surface area contributed by atoms with E-state index in [4.69, 9.17) is 4.98 Å². The molecule has 0 bridgehead atoms. The molecule has 0 saturated carbocycles. The fraction of sp³-hybridized carbons (Fsp3) is 0.529. The van der Waals surface area contributed by atoms with Crippen LogP contribution in [0.3, 0.4) is 0 Å². The van der Waals surface area contributed by atoms with Gasteiger partial charge in [0, 0.05) is 48.8 Å². The molecule has 0 aromatic carbocycles. The first-order valence-corrected chi connectivity index (χ1v) is 8.37. The van der Waals surface area contributed by atoms with Gasteiger partial charge in [-0.05, 0) is 44.4 Å². The first-order valence-electron chi connectivity index (χ1n) is 8.37. The Morgan fingerprint density at radius 3 is 2.95 bits per heavy atom. The lowest BCUT2D eigenvalue weighted by atomic mass is 10.1. The van der Waals surface area contributed by atoms with E-state index in [-0.39, 0.29) is 0 Å². The zero-order valence-corrected chi connectivity index (χ0v) is 12.9. The number of hydrogen-bond acceptors (Lipinski definition) is 5. The number of aromatic nitrogens is 2. The van der Waals surface area contributed by atoms with Gasteiger partial charge in [0.05, 0.1) is 0 Å². The third-order valence-electron chi connectivity index (χ3n) is 4.68. The van der Waals surface area contributed by atoms with Crippen LogP contribution >= 0.6 is 0 Å². The minimum Gasteiger partial charge on any atom is -0.366 e. The maximum Gasteiger partial charge on any atom is 0.139 e. The molecule has 2 N–H and O–H groups in total. The number of fused-ring (bicyclic) bond motifs is 1. The Morgan fingerprint density at radius 2 is 2.14 bits per heavy atom. The lowest BCUT2D eigenvalue weighted by Gasteiger charge is -2.29. The fourth-order valence-electron chi connectivity index (χ4n) is 3.49. The van der Waals surface area contributed by atoms with Crippen molar-refractivity contribution >= 4 is 22.4 Å². The van der Waals surface area contributed by atoms with Crippen molar-refractivity contribution in [1.82, 2.24) is 15.3 Å². The van der Waals surface area contributed by atoms with E-state index in [0.29, 0.717) is 6.04 Å². The topological polar surface area (TPSA) is 53.1 Å². The number of piperidine rings is 1. The van der Waals surface area contributed by atoms with E-state index in [1.54, 1.807) is 0 Å². The summed E-state index contributed by atoms with van der Waals surface area (Å²) in [6, 6.07) is 4.71. The van der Waals surface area contributed by atoms with E-state index in [9.17, 15) is 0 Å². The van der Waals surface area contributed by atoms with Crippen molar-refractivity contribution in [1.29, 1.82) is 0 Å². The van der Waals surface area contributed by atoms with Gasteiger partial charge in [-0.15, -0.1) is 0 Å². The summed E-state index contributed by atoms with van der Waals surface area (Å²) in [7, 11) is 0. The molecular formula is C17H23N5. The van der Waals surface area contributed by atoms with Crippen molar-refractivity contribution in [2.45, 2.75) is 31.7 Å². The van der Waals surface area contributed by atoms with Crippen molar-refractivity contribution in [3.8, 4) is 0 Å². The normalized spacial score (nSPS) is 22.2. The highest BCUT2D eigenvalue weighted by molar-refractivity contribution is 5.93. The van der Waals surface area contributed by atoms with Gasteiger partial charge in [-0.2, -0.15) is 0 Å². The molecule has 22 heavy (non-hydrogen) atoms. The van der Waals surface area contributed by atoms with Crippen LogP contribution in [0.4, 0.5) is 11.6 Å². The van der Waals surface area contributed by atoms with Gasteiger partial charge in [-0.3, -0.25) is 4.98 Å². The second kappa shape index (κ2) is 6.08. The van der Waals surface area contributed by atoms with Gasteiger partial charge in [0.1, 0.15) is 11.6 Å². The van der Waals surface area contributed by atoms with Crippen LogP contribution in [-0.4, -0.2) is 42.2 Å². The molecule has 4 heterocycles. The van der Waals surface area contributed by atoms with Crippen LogP contribution < -0.4 is 15.5 Å². The summed E-state index contributed by atoms with van der Waals surface area (Å²) in [4.78, 5) is 11.7. The minimum atomic E-state index is 0.482. The minimum absolute atomic E-state index is 0.482. The molecule has 0 spiro atoms. The predicted molar refractivity (Wildman–Crippen MR) is 90.5 cm³/mol. The highest BCUT2D eigenvalue weighted by Crippen LogP contribution is 2.29. The Hall–Kier alpha value is -1.88. The van der Waals surface area contributed by atoms with Crippen LogP contribution in [0.1, 0.15) is 25.7 Å².